The van der Waals surface area contributed by atoms with Gasteiger partial charge in [-0.3, -0.25) is 9.59 Å². The summed E-state index contributed by atoms with van der Waals surface area (Å²) in [6, 6.07) is 18.8. The molecule has 3 aromatic rings. The van der Waals surface area contributed by atoms with Crippen LogP contribution in [0, 0.1) is 6.92 Å². The number of nitrogens with zero attached hydrogens (tertiary/aromatic N) is 3. The average molecular weight is 414 g/mol. The van der Waals surface area contributed by atoms with Gasteiger partial charge in [-0.1, -0.05) is 53.2 Å². The Bertz CT molecular complexity index is 906. The van der Waals surface area contributed by atoms with Crippen LogP contribution in [0.1, 0.15) is 28.9 Å². The topological polar surface area (TPSA) is 55.8 Å². The molecule has 6 heteroatoms. The zero-order chi connectivity index (χ0) is 17.8. The van der Waals surface area contributed by atoms with Crippen molar-refractivity contribution in [2.24, 2.45) is 0 Å². The van der Waals surface area contributed by atoms with Gasteiger partial charge in [0.1, 0.15) is 18.0 Å². The molecule has 2 aromatic carbocycles. The fourth-order valence-electron chi connectivity index (χ4n) is 2.77. The van der Waals surface area contributed by atoms with E-state index in [9.17, 15) is 9.59 Å². The third-order valence-electron chi connectivity index (χ3n) is 4.03. The third-order valence-corrected chi connectivity index (χ3v) is 4.03. The van der Waals surface area contributed by atoms with Crippen LogP contribution < -0.4 is 21.5 Å². The monoisotopic (exact) mass is 413 g/mol. The fraction of sp³-hybridized carbons (Fsp3) is 0.200. The molecule has 5 nitrogen and oxygen atoms in total. The second-order valence-corrected chi connectivity index (χ2v) is 5.96. The minimum Gasteiger partial charge on any atom is -1.00 e. The average Bonchev–Trinajstić information content (AvgIpc) is 2.92. The summed E-state index contributed by atoms with van der Waals surface area (Å²) in [7, 11) is 0. The Morgan fingerprint density at radius 1 is 1.00 bits per heavy atom. The number of hydrogen-bond acceptors (Lipinski definition) is 3. The molecule has 0 aliphatic heterocycles. The van der Waals surface area contributed by atoms with Gasteiger partial charge in [0.2, 0.25) is 5.82 Å². The smallest absolute Gasteiger partial charge is 0.285 e. The normalized spacial score (nSPS) is 10.2. The molecule has 3 rings (SSSR count). The summed E-state index contributed by atoms with van der Waals surface area (Å²) in [4.78, 5) is 24.2. The van der Waals surface area contributed by atoms with Gasteiger partial charge in [-0.25, -0.2) is 4.57 Å². The van der Waals surface area contributed by atoms with Crippen molar-refractivity contribution in [2.75, 3.05) is 0 Å². The SMILES string of the molecule is CC(=O)Cc1nn(-c2ccccc2)c(C)[n+]1CC(=O)c1ccccc1.[Br-]. The number of carbonyl (C=O) groups excluding carboxylic acids is 2. The molecule has 0 N–H and O–H groups in total. The number of aromatic nitrogens is 3. The maximum absolute atomic E-state index is 12.6. The highest BCUT2D eigenvalue weighted by atomic mass is 79.9. The van der Waals surface area contributed by atoms with Gasteiger partial charge >= 0.3 is 0 Å². The van der Waals surface area contributed by atoms with Crippen molar-refractivity contribution < 1.29 is 31.1 Å². The van der Waals surface area contributed by atoms with Crippen molar-refractivity contribution in [1.29, 1.82) is 0 Å². The first-order valence-electron chi connectivity index (χ1n) is 8.17. The summed E-state index contributed by atoms with van der Waals surface area (Å²) in [6.07, 6.45) is 0.197. The summed E-state index contributed by atoms with van der Waals surface area (Å²) in [5.41, 5.74) is 1.55. The lowest BCUT2D eigenvalue weighted by Gasteiger charge is -2.02. The lowest BCUT2D eigenvalue weighted by Crippen LogP contribution is -3.00. The zero-order valence-electron chi connectivity index (χ0n) is 14.7. The molecule has 0 saturated carbocycles. The van der Waals surface area contributed by atoms with Gasteiger partial charge in [0.25, 0.3) is 5.82 Å². The van der Waals surface area contributed by atoms with Crippen molar-refractivity contribution in [3.63, 3.8) is 0 Å². The van der Waals surface area contributed by atoms with E-state index in [1.165, 1.54) is 6.92 Å². The van der Waals surface area contributed by atoms with Crippen LogP contribution in [0.2, 0.25) is 0 Å². The molecule has 1 heterocycles. The molecule has 1 aromatic heterocycles. The summed E-state index contributed by atoms with van der Waals surface area (Å²) in [5, 5.41) is 4.57. The van der Waals surface area contributed by atoms with E-state index in [0.717, 1.165) is 11.5 Å². The highest BCUT2D eigenvalue weighted by Gasteiger charge is 2.26. The van der Waals surface area contributed by atoms with Gasteiger partial charge in [0.05, 0.1) is 6.42 Å². The summed E-state index contributed by atoms with van der Waals surface area (Å²) in [5.74, 6) is 1.41. The Morgan fingerprint density at radius 3 is 2.15 bits per heavy atom. The van der Waals surface area contributed by atoms with Gasteiger partial charge in [0, 0.05) is 17.6 Å². The molecule has 134 valence electrons. The van der Waals surface area contributed by atoms with E-state index >= 15 is 0 Å². The first-order chi connectivity index (χ1) is 12.1. The number of carbonyl (C=O) groups is 2. The van der Waals surface area contributed by atoms with Crippen molar-refractivity contribution in [1.82, 2.24) is 9.78 Å². The van der Waals surface area contributed by atoms with Crippen LogP contribution in [0.4, 0.5) is 0 Å². The van der Waals surface area contributed by atoms with Crippen LogP contribution in [0.15, 0.2) is 60.7 Å². The highest BCUT2D eigenvalue weighted by Crippen LogP contribution is 2.09. The second-order valence-electron chi connectivity index (χ2n) is 5.96. The molecular weight excluding hydrogens is 394 g/mol. The number of Topliss-reactive ketones (excluding diaryl/α,β-unsaturated/α-hetero) is 2. The van der Waals surface area contributed by atoms with E-state index in [0.29, 0.717) is 11.4 Å². The lowest BCUT2D eigenvalue weighted by molar-refractivity contribution is -0.696. The van der Waals surface area contributed by atoms with Gasteiger partial charge in [0.15, 0.2) is 5.78 Å². The van der Waals surface area contributed by atoms with Crippen molar-refractivity contribution in [3.8, 4) is 5.69 Å². The largest absolute Gasteiger partial charge is 1.00 e. The van der Waals surface area contributed by atoms with Crippen LogP contribution in [-0.2, 0) is 17.8 Å². The Balaban J connectivity index is 0.00000243. The van der Waals surface area contributed by atoms with Crippen LogP contribution in [0.5, 0.6) is 0 Å². The number of para-hydroxylation sites is 1. The minimum atomic E-state index is -0.00823. The Hall–Kier alpha value is -2.60. The van der Waals surface area contributed by atoms with E-state index in [2.05, 4.69) is 5.10 Å². The van der Waals surface area contributed by atoms with E-state index in [1.807, 2.05) is 60.0 Å². The quantitative estimate of drug-likeness (QED) is 0.403. The first-order valence-corrected chi connectivity index (χ1v) is 8.17. The third kappa shape index (κ3) is 4.32. The number of ketones is 2. The molecule has 0 spiro atoms. The van der Waals surface area contributed by atoms with Crippen LogP contribution in [0.25, 0.3) is 5.69 Å². The molecule has 0 aliphatic carbocycles. The molecule has 0 unspecified atom stereocenters. The summed E-state index contributed by atoms with van der Waals surface area (Å²) in [6.45, 7) is 3.59. The van der Waals surface area contributed by atoms with E-state index in [-0.39, 0.29) is 41.5 Å². The van der Waals surface area contributed by atoms with Gasteiger partial charge in [-0.2, -0.15) is 0 Å². The van der Waals surface area contributed by atoms with E-state index < -0.39 is 0 Å². The molecule has 0 bridgehead atoms. The van der Waals surface area contributed by atoms with E-state index in [1.54, 1.807) is 16.8 Å². The number of hydrogen-bond donors (Lipinski definition) is 0. The van der Waals surface area contributed by atoms with E-state index in [4.69, 9.17) is 0 Å². The Kier molecular flexibility index (Phi) is 6.58. The van der Waals surface area contributed by atoms with Crippen LogP contribution in [-0.4, -0.2) is 21.3 Å². The maximum Gasteiger partial charge on any atom is 0.285 e. The minimum absolute atomic E-state index is 0. The van der Waals surface area contributed by atoms with Gasteiger partial charge in [-0.05, 0) is 19.1 Å². The molecule has 0 fully saturated rings. The molecule has 0 amide bonds. The molecule has 0 saturated heterocycles. The van der Waals surface area contributed by atoms with Gasteiger partial charge < -0.3 is 17.0 Å². The molecule has 0 atom stereocenters. The predicted molar refractivity (Wildman–Crippen MR) is 93.7 cm³/mol. The first kappa shape index (κ1) is 19.7. The Morgan fingerprint density at radius 2 is 1.58 bits per heavy atom. The van der Waals surface area contributed by atoms with Crippen molar-refractivity contribution in [2.45, 2.75) is 26.8 Å². The molecule has 0 aliphatic rings. The molecule has 26 heavy (non-hydrogen) atoms. The van der Waals surface area contributed by atoms with Gasteiger partial charge in [-0.15, -0.1) is 0 Å². The number of halogens is 1. The standard InChI is InChI=1S/C20H20N3O2.BrH/c1-15(24)13-20-21-23(18-11-7-4-8-12-18)16(2)22(20)14-19(25)17-9-5-3-6-10-17;/h3-12H,13-14H2,1-2H3;1H/q+1;/p-1. The maximum atomic E-state index is 12.6. The summed E-state index contributed by atoms with van der Waals surface area (Å²) < 4.78 is 3.60. The lowest BCUT2D eigenvalue weighted by atomic mass is 10.1. The highest BCUT2D eigenvalue weighted by molar-refractivity contribution is 5.95. The summed E-state index contributed by atoms with van der Waals surface area (Å²) >= 11 is 0. The Labute approximate surface area is 163 Å². The fourth-order valence-corrected chi connectivity index (χ4v) is 2.77. The molecular formula is C20H20BrN3O2. The predicted octanol–water partition coefficient (Wildman–Crippen LogP) is -0.513. The number of rotatable bonds is 6. The zero-order valence-corrected chi connectivity index (χ0v) is 16.3. The van der Waals surface area contributed by atoms with Crippen LogP contribution in [0.3, 0.4) is 0 Å². The molecule has 0 radical (unpaired) electrons. The second kappa shape index (κ2) is 8.67. The number of benzene rings is 2. The van der Waals surface area contributed by atoms with Crippen molar-refractivity contribution >= 4 is 11.6 Å². The van der Waals surface area contributed by atoms with Crippen LogP contribution >= 0.6 is 0 Å². The van der Waals surface area contributed by atoms with Crippen molar-refractivity contribution in [3.05, 3.63) is 77.9 Å².